The van der Waals surface area contributed by atoms with Crippen LogP contribution in [0.5, 0.6) is 0 Å². The minimum atomic E-state index is -0.738. The SMILES string of the molecule is CC(=O)N1[C@@H](c2ccco2)SC[C@H]1C(=O)OCC(=O)NCCCc1ccccc1. The van der Waals surface area contributed by atoms with Gasteiger partial charge in [0.25, 0.3) is 5.91 Å². The molecular weight excluding hydrogens is 392 g/mol. The molecular formula is C21H24N2O5S. The maximum atomic E-state index is 12.5. The van der Waals surface area contributed by atoms with Crippen LogP contribution in [0.3, 0.4) is 0 Å². The van der Waals surface area contributed by atoms with Gasteiger partial charge in [-0.05, 0) is 30.5 Å². The Labute approximate surface area is 173 Å². The van der Waals surface area contributed by atoms with Crippen molar-refractivity contribution >= 4 is 29.5 Å². The van der Waals surface area contributed by atoms with Crippen molar-refractivity contribution in [3.05, 3.63) is 60.1 Å². The summed E-state index contributed by atoms with van der Waals surface area (Å²) in [5, 5.41) is 2.38. The van der Waals surface area contributed by atoms with E-state index in [1.165, 1.54) is 35.4 Å². The van der Waals surface area contributed by atoms with Crippen molar-refractivity contribution in [2.75, 3.05) is 18.9 Å². The number of amides is 2. The number of hydrogen-bond donors (Lipinski definition) is 1. The van der Waals surface area contributed by atoms with Crippen molar-refractivity contribution in [2.24, 2.45) is 0 Å². The van der Waals surface area contributed by atoms with Gasteiger partial charge in [-0.3, -0.25) is 9.59 Å². The molecule has 154 valence electrons. The normalized spacial score (nSPS) is 18.4. The number of thioether (sulfide) groups is 1. The third-order valence-corrected chi connectivity index (χ3v) is 5.86. The molecule has 1 aromatic heterocycles. The van der Waals surface area contributed by atoms with Gasteiger partial charge in [0, 0.05) is 19.2 Å². The Morgan fingerprint density at radius 2 is 2.00 bits per heavy atom. The molecule has 29 heavy (non-hydrogen) atoms. The number of hydrogen-bond acceptors (Lipinski definition) is 6. The van der Waals surface area contributed by atoms with Crippen molar-refractivity contribution in [1.29, 1.82) is 0 Å². The molecule has 8 heteroatoms. The number of ether oxygens (including phenoxy) is 1. The first kappa shape index (κ1) is 21.0. The Kier molecular flexibility index (Phi) is 7.35. The van der Waals surface area contributed by atoms with Gasteiger partial charge in [0.15, 0.2) is 6.61 Å². The monoisotopic (exact) mass is 416 g/mol. The lowest BCUT2D eigenvalue weighted by atomic mass is 10.1. The van der Waals surface area contributed by atoms with Gasteiger partial charge in [-0.25, -0.2) is 4.79 Å². The molecule has 1 aliphatic heterocycles. The molecule has 1 aromatic carbocycles. The van der Waals surface area contributed by atoms with Gasteiger partial charge in [0.1, 0.15) is 17.2 Å². The van der Waals surface area contributed by atoms with Crippen LogP contribution < -0.4 is 5.32 Å². The molecule has 2 aromatic rings. The van der Waals surface area contributed by atoms with Crippen molar-refractivity contribution in [1.82, 2.24) is 10.2 Å². The predicted octanol–water partition coefficient (Wildman–Crippen LogP) is 2.53. The zero-order valence-corrected chi connectivity index (χ0v) is 17.0. The van der Waals surface area contributed by atoms with Crippen molar-refractivity contribution in [3.63, 3.8) is 0 Å². The molecule has 0 spiro atoms. The quantitative estimate of drug-likeness (QED) is 0.526. The van der Waals surface area contributed by atoms with E-state index in [0.717, 1.165) is 12.8 Å². The summed E-state index contributed by atoms with van der Waals surface area (Å²) in [6.07, 6.45) is 3.19. The number of nitrogens with zero attached hydrogens (tertiary/aromatic N) is 1. The standard InChI is InChI=1S/C21H24N2O5S/c1-15(24)23-17(14-29-20(23)18-10-6-12-27-18)21(26)28-13-19(25)22-11-5-9-16-7-3-2-4-8-16/h2-4,6-8,10,12,17,20H,5,9,11,13-14H2,1H3,(H,22,25)/t17-,20+/m0/s1. The summed E-state index contributed by atoms with van der Waals surface area (Å²) in [4.78, 5) is 37.9. The van der Waals surface area contributed by atoms with Crippen molar-refractivity contribution in [3.8, 4) is 0 Å². The van der Waals surface area contributed by atoms with Crippen LogP contribution >= 0.6 is 11.8 Å². The van der Waals surface area contributed by atoms with Gasteiger partial charge < -0.3 is 19.4 Å². The van der Waals surface area contributed by atoms with E-state index in [0.29, 0.717) is 18.1 Å². The molecule has 0 unspecified atom stereocenters. The Hall–Kier alpha value is -2.74. The zero-order valence-electron chi connectivity index (χ0n) is 16.2. The van der Waals surface area contributed by atoms with Crippen molar-refractivity contribution in [2.45, 2.75) is 31.2 Å². The van der Waals surface area contributed by atoms with E-state index in [9.17, 15) is 14.4 Å². The summed E-state index contributed by atoms with van der Waals surface area (Å²) in [5.74, 6) is -0.182. The van der Waals surface area contributed by atoms with Crippen LogP contribution in [-0.2, 0) is 25.5 Å². The Bertz CT molecular complexity index is 825. The van der Waals surface area contributed by atoms with E-state index in [1.807, 2.05) is 30.3 Å². The summed E-state index contributed by atoms with van der Waals surface area (Å²) in [7, 11) is 0. The topological polar surface area (TPSA) is 88.8 Å². The molecule has 2 amide bonds. The lowest BCUT2D eigenvalue weighted by molar-refractivity contribution is -0.156. The summed E-state index contributed by atoms with van der Waals surface area (Å²) in [6, 6.07) is 12.8. The van der Waals surface area contributed by atoms with E-state index < -0.39 is 12.0 Å². The highest BCUT2D eigenvalue weighted by atomic mass is 32.2. The molecule has 1 N–H and O–H groups in total. The lowest BCUT2D eigenvalue weighted by Crippen LogP contribution is -2.43. The summed E-state index contributed by atoms with van der Waals surface area (Å²) in [6.45, 7) is 1.55. The zero-order chi connectivity index (χ0) is 20.6. The average molecular weight is 416 g/mol. The number of nitrogens with one attached hydrogen (secondary N) is 1. The van der Waals surface area contributed by atoms with E-state index in [2.05, 4.69) is 5.32 Å². The minimum absolute atomic E-state index is 0.247. The Morgan fingerprint density at radius 1 is 1.21 bits per heavy atom. The van der Waals surface area contributed by atoms with E-state index in [1.54, 1.807) is 12.1 Å². The lowest BCUT2D eigenvalue weighted by Gasteiger charge is -2.25. The third-order valence-electron chi connectivity index (χ3n) is 4.58. The Morgan fingerprint density at radius 3 is 2.69 bits per heavy atom. The van der Waals surface area contributed by atoms with Gasteiger partial charge in [-0.1, -0.05) is 30.3 Å². The summed E-state index contributed by atoms with van der Waals surface area (Å²) in [5.41, 5.74) is 1.21. The number of rotatable bonds is 8. The average Bonchev–Trinajstić information content (AvgIpc) is 3.39. The van der Waals surface area contributed by atoms with Gasteiger partial charge in [-0.15, -0.1) is 11.8 Å². The highest BCUT2D eigenvalue weighted by Crippen LogP contribution is 2.41. The van der Waals surface area contributed by atoms with Gasteiger partial charge >= 0.3 is 5.97 Å². The Balaban J connectivity index is 1.42. The first-order chi connectivity index (χ1) is 14.1. The van der Waals surface area contributed by atoms with E-state index in [-0.39, 0.29) is 23.8 Å². The molecule has 2 atom stereocenters. The van der Waals surface area contributed by atoms with E-state index in [4.69, 9.17) is 9.15 Å². The van der Waals surface area contributed by atoms with Crippen LogP contribution in [0.4, 0.5) is 0 Å². The fraction of sp³-hybridized carbons (Fsp3) is 0.381. The second-order valence-electron chi connectivity index (χ2n) is 6.69. The van der Waals surface area contributed by atoms with Gasteiger partial charge in [0.2, 0.25) is 5.91 Å². The largest absolute Gasteiger partial charge is 0.466 e. The molecule has 2 heterocycles. The number of carbonyl (C=O) groups excluding carboxylic acids is 3. The fourth-order valence-corrected chi connectivity index (χ4v) is 4.59. The smallest absolute Gasteiger partial charge is 0.330 e. The molecule has 0 aliphatic carbocycles. The van der Waals surface area contributed by atoms with Crippen LogP contribution in [0.2, 0.25) is 0 Å². The second-order valence-corrected chi connectivity index (χ2v) is 7.80. The molecule has 0 radical (unpaired) electrons. The van der Waals surface area contributed by atoms with Crippen LogP contribution in [0.1, 0.15) is 30.0 Å². The first-order valence-electron chi connectivity index (χ1n) is 9.47. The fourth-order valence-electron chi connectivity index (χ4n) is 3.17. The highest BCUT2D eigenvalue weighted by Gasteiger charge is 2.43. The molecule has 7 nitrogen and oxygen atoms in total. The first-order valence-corrected chi connectivity index (χ1v) is 10.5. The molecule has 0 saturated carbocycles. The van der Waals surface area contributed by atoms with Crippen LogP contribution in [0.25, 0.3) is 0 Å². The van der Waals surface area contributed by atoms with E-state index >= 15 is 0 Å². The number of carbonyl (C=O) groups is 3. The maximum absolute atomic E-state index is 12.5. The third kappa shape index (κ3) is 5.63. The molecule has 1 fully saturated rings. The number of benzene rings is 1. The molecule has 3 rings (SSSR count). The van der Waals surface area contributed by atoms with Crippen LogP contribution in [0.15, 0.2) is 53.1 Å². The number of furan rings is 1. The molecule has 0 bridgehead atoms. The van der Waals surface area contributed by atoms with Crippen molar-refractivity contribution < 1.29 is 23.5 Å². The summed E-state index contributed by atoms with van der Waals surface area (Å²) >= 11 is 1.43. The second kappa shape index (κ2) is 10.2. The predicted molar refractivity (Wildman–Crippen MR) is 109 cm³/mol. The number of aryl methyl sites for hydroxylation is 1. The summed E-state index contributed by atoms with van der Waals surface area (Å²) < 4.78 is 10.5. The number of esters is 1. The van der Waals surface area contributed by atoms with Crippen LogP contribution in [-0.4, -0.2) is 47.6 Å². The van der Waals surface area contributed by atoms with Gasteiger partial charge in [-0.2, -0.15) is 0 Å². The van der Waals surface area contributed by atoms with Crippen LogP contribution in [0, 0.1) is 0 Å². The molecule has 1 aliphatic rings. The molecule has 1 saturated heterocycles. The van der Waals surface area contributed by atoms with Gasteiger partial charge in [0.05, 0.1) is 6.26 Å². The maximum Gasteiger partial charge on any atom is 0.330 e. The minimum Gasteiger partial charge on any atom is -0.466 e. The highest BCUT2D eigenvalue weighted by molar-refractivity contribution is 7.99.